The van der Waals surface area contributed by atoms with Gasteiger partial charge in [0.25, 0.3) is 0 Å². The first-order valence-corrected chi connectivity index (χ1v) is 10.0. The quantitative estimate of drug-likeness (QED) is 0.791. The normalized spacial score (nSPS) is 17.3. The Morgan fingerprint density at radius 3 is 2.65 bits per heavy atom. The van der Waals surface area contributed by atoms with Crippen molar-refractivity contribution in [2.75, 3.05) is 32.5 Å². The molecular formula is C21H27N3OS. The lowest BCUT2D eigenvalue weighted by Gasteiger charge is -2.25. The first-order chi connectivity index (χ1) is 12.5. The summed E-state index contributed by atoms with van der Waals surface area (Å²) >= 11 is 1.75. The zero-order valence-electron chi connectivity index (χ0n) is 15.7. The summed E-state index contributed by atoms with van der Waals surface area (Å²) in [6.07, 6.45) is 1.03. The number of aryl methyl sites for hydroxylation is 1. The highest BCUT2D eigenvalue weighted by Gasteiger charge is 2.26. The van der Waals surface area contributed by atoms with Gasteiger partial charge in [0.15, 0.2) is 0 Å². The van der Waals surface area contributed by atoms with Crippen LogP contribution in [0.3, 0.4) is 0 Å². The molecule has 1 aliphatic rings. The molecule has 0 aliphatic carbocycles. The summed E-state index contributed by atoms with van der Waals surface area (Å²) in [6, 6.07) is 16.9. The fourth-order valence-corrected chi connectivity index (χ4v) is 4.10. The molecule has 1 aliphatic heterocycles. The van der Waals surface area contributed by atoms with Crippen molar-refractivity contribution in [1.29, 1.82) is 0 Å². The number of nitrogens with one attached hydrogen (secondary N) is 1. The summed E-state index contributed by atoms with van der Waals surface area (Å²) < 4.78 is 0. The second-order valence-corrected chi connectivity index (χ2v) is 8.03. The van der Waals surface area contributed by atoms with Crippen LogP contribution in [0.1, 0.15) is 17.5 Å². The van der Waals surface area contributed by atoms with Crippen molar-refractivity contribution < 1.29 is 4.79 Å². The van der Waals surface area contributed by atoms with Crippen LogP contribution in [-0.4, -0.2) is 49.1 Å². The third-order valence-corrected chi connectivity index (χ3v) is 6.02. The number of likely N-dealkylation sites (N-methyl/N-ethyl adjacent to an activating group) is 2. The fraction of sp³-hybridized carbons (Fsp3) is 0.381. The van der Waals surface area contributed by atoms with Gasteiger partial charge in [0, 0.05) is 30.3 Å². The number of thioether (sulfide) groups is 1. The van der Waals surface area contributed by atoms with Gasteiger partial charge in [0.2, 0.25) is 0 Å². The molecule has 0 radical (unpaired) electrons. The molecule has 1 saturated heterocycles. The van der Waals surface area contributed by atoms with Crippen molar-refractivity contribution in [2.45, 2.75) is 30.0 Å². The van der Waals surface area contributed by atoms with Crippen LogP contribution in [0.5, 0.6) is 0 Å². The second kappa shape index (κ2) is 8.60. The topological polar surface area (TPSA) is 35.6 Å². The Hall–Kier alpha value is -1.98. The number of hydrogen-bond acceptors (Lipinski definition) is 3. The summed E-state index contributed by atoms with van der Waals surface area (Å²) in [7, 11) is 3.99. The summed E-state index contributed by atoms with van der Waals surface area (Å²) in [5.74, 6) is 0.885. The number of para-hydroxylation sites is 1. The van der Waals surface area contributed by atoms with Crippen LogP contribution in [-0.2, 0) is 5.75 Å². The third-order valence-electron chi connectivity index (χ3n) is 4.88. The van der Waals surface area contributed by atoms with Crippen molar-refractivity contribution in [3.8, 4) is 0 Å². The fourth-order valence-electron chi connectivity index (χ4n) is 3.14. The molecule has 26 heavy (non-hydrogen) atoms. The Kier molecular flexibility index (Phi) is 6.22. The van der Waals surface area contributed by atoms with E-state index in [0.717, 1.165) is 35.8 Å². The molecule has 0 unspecified atom stereocenters. The van der Waals surface area contributed by atoms with Gasteiger partial charge in [-0.3, -0.25) is 0 Å². The number of nitrogens with zero attached hydrogens (tertiary/aromatic N) is 2. The van der Waals surface area contributed by atoms with Crippen LogP contribution in [0.25, 0.3) is 0 Å². The molecule has 0 bridgehead atoms. The summed E-state index contributed by atoms with van der Waals surface area (Å²) in [5, 5.41) is 3.10. The Labute approximate surface area is 160 Å². The molecule has 3 rings (SSSR count). The molecule has 0 spiro atoms. The highest BCUT2D eigenvalue weighted by Crippen LogP contribution is 2.30. The number of urea groups is 1. The van der Waals surface area contributed by atoms with E-state index in [9.17, 15) is 4.79 Å². The number of carbonyl (C=O) groups is 1. The van der Waals surface area contributed by atoms with E-state index in [1.54, 1.807) is 11.8 Å². The minimum atomic E-state index is -0.0336. The first-order valence-electron chi connectivity index (χ1n) is 9.02. The van der Waals surface area contributed by atoms with Gasteiger partial charge in [0.05, 0.1) is 5.69 Å². The number of rotatable bonds is 5. The zero-order valence-corrected chi connectivity index (χ0v) is 16.6. The van der Waals surface area contributed by atoms with Gasteiger partial charge in [-0.1, -0.05) is 42.0 Å². The van der Waals surface area contributed by atoms with Crippen LogP contribution >= 0.6 is 11.8 Å². The van der Waals surface area contributed by atoms with Crippen LogP contribution < -0.4 is 5.32 Å². The van der Waals surface area contributed by atoms with E-state index in [4.69, 9.17) is 0 Å². The van der Waals surface area contributed by atoms with E-state index >= 15 is 0 Å². The molecule has 5 heteroatoms. The average Bonchev–Trinajstić information content (AvgIpc) is 3.08. The van der Waals surface area contributed by atoms with Gasteiger partial charge in [-0.2, -0.15) is 0 Å². The van der Waals surface area contributed by atoms with Crippen molar-refractivity contribution >= 4 is 23.5 Å². The standard InChI is InChI=1S/C21H27N3OS/c1-16-8-10-17(11-9-16)15-26-20-7-5-4-6-19(20)22-21(25)24(3)18-12-13-23(2)14-18/h4-11,18H,12-15H2,1-3H3,(H,22,25)/t18-/m1/s1. The molecule has 4 nitrogen and oxygen atoms in total. The molecule has 0 saturated carbocycles. The molecule has 1 atom stereocenters. The SMILES string of the molecule is Cc1ccc(CSc2ccccc2NC(=O)N(C)[C@@H]2CCN(C)C2)cc1. The van der Waals surface area contributed by atoms with E-state index < -0.39 is 0 Å². The number of benzene rings is 2. The van der Waals surface area contributed by atoms with E-state index in [1.807, 2.05) is 30.1 Å². The summed E-state index contributed by atoms with van der Waals surface area (Å²) in [5.41, 5.74) is 3.44. The summed E-state index contributed by atoms with van der Waals surface area (Å²) in [6.45, 7) is 4.08. The molecule has 2 aromatic carbocycles. The van der Waals surface area contributed by atoms with Gasteiger partial charge >= 0.3 is 6.03 Å². The van der Waals surface area contributed by atoms with Crippen molar-refractivity contribution in [3.63, 3.8) is 0 Å². The Bertz CT molecular complexity index is 747. The first kappa shape index (κ1) is 18.8. The minimum absolute atomic E-state index is 0.0336. The number of anilines is 1. The van der Waals surface area contributed by atoms with Gasteiger partial charge in [-0.05, 0) is 44.6 Å². The Morgan fingerprint density at radius 2 is 1.96 bits per heavy atom. The number of amides is 2. The summed E-state index contributed by atoms with van der Waals surface area (Å²) in [4.78, 5) is 17.9. The van der Waals surface area contributed by atoms with Crippen LogP contribution in [0.4, 0.5) is 10.5 Å². The van der Waals surface area contributed by atoms with E-state index in [1.165, 1.54) is 11.1 Å². The van der Waals surface area contributed by atoms with Gasteiger partial charge < -0.3 is 15.1 Å². The molecule has 1 heterocycles. The minimum Gasteiger partial charge on any atom is -0.323 e. The third kappa shape index (κ3) is 4.80. The smallest absolute Gasteiger partial charge is 0.321 e. The Morgan fingerprint density at radius 1 is 1.23 bits per heavy atom. The molecule has 2 aromatic rings. The molecular weight excluding hydrogens is 342 g/mol. The number of carbonyl (C=O) groups excluding carboxylic acids is 1. The molecule has 0 aromatic heterocycles. The second-order valence-electron chi connectivity index (χ2n) is 7.02. The van der Waals surface area contributed by atoms with E-state index in [0.29, 0.717) is 0 Å². The van der Waals surface area contributed by atoms with Crippen LogP contribution in [0, 0.1) is 6.92 Å². The van der Waals surface area contributed by atoms with E-state index in [-0.39, 0.29) is 12.1 Å². The van der Waals surface area contributed by atoms with Crippen molar-refractivity contribution in [1.82, 2.24) is 9.80 Å². The number of hydrogen-bond donors (Lipinski definition) is 1. The predicted octanol–water partition coefficient (Wildman–Crippen LogP) is 4.46. The highest BCUT2D eigenvalue weighted by atomic mass is 32.2. The van der Waals surface area contributed by atoms with Crippen molar-refractivity contribution in [3.05, 3.63) is 59.7 Å². The maximum absolute atomic E-state index is 12.7. The average molecular weight is 370 g/mol. The van der Waals surface area contributed by atoms with Crippen molar-refractivity contribution in [2.24, 2.45) is 0 Å². The Balaban J connectivity index is 1.63. The highest BCUT2D eigenvalue weighted by molar-refractivity contribution is 7.98. The molecule has 2 amide bonds. The monoisotopic (exact) mass is 369 g/mol. The molecule has 138 valence electrons. The lowest BCUT2D eigenvalue weighted by Crippen LogP contribution is -2.41. The van der Waals surface area contributed by atoms with Crippen LogP contribution in [0.15, 0.2) is 53.4 Å². The van der Waals surface area contributed by atoms with Crippen LogP contribution in [0.2, 0.25) is 0 Å². The van der Waals surface area contributed by atoms with Gasteiger partial charge in [0.1, 0.15) is 0 Å². The number of likely N-dealkylation sites (tertiary alicyclic amines) is 1. The molecule has 1 fully saturated rings. The van der Waals surface area contributed by atoms with Gasteiger partial charge in [-0.25, -0.2) is 4.79 Å². The predicted molar refractivity (Wildman–Crippen MR) is 110 cm³/mol. The maximum Gasteiger partial charge on any atom is 0.321 e. The lowest BCUT2D eigenvalue weighted by atomic mass is 10.2. The largest absolute Gasteiger partial charge is 0.323 e. The van der Waals surface area contributed by atoms with Gasteiger partial charge in [-0.15, -0.1) is 11.8 Å². The maximum atomic E-state index is 12.7. The molecule has 1 N–H and O–H groups in total. The van der Waals surface area contributed by atoms with E-state index in [2.05, 4.69) is 54.5 Å². The zero-order chi connectivity index (χ0) is 18.5. The lowest BCUT2D eigenvalue weighted by molar-refractivity contribution is 0.204.